The van der Waals surface area contributed by atoms with Crippen molar-refractivity contribution in [3.63, 3.8) is 0 Å². The highest BCUT2D eigenvalue weighted by molar-refractivity contribution is 5.95. The van der Waals surface area contributed by atoms with Gasteiger partial charge in [0.1, 0.15) is 5.69 Å². The summed E-state index contributed by atoms with van der Waals surface area (Å²) in [6, 6.07) is 12.0. The fourth-order valence-electron chi connectivity index (χ4n) is 1.59. The smallest absolute Gasteiger partial charge is 0.307 e. The molecule has 1 aromatic carbocycles. The quantitative estimate of drug-likeness (QED) is 0.378. The lowest BCUT2D eigenvalue weighted by Gasteiger charge is -1.97. The highest BCUT2D eigenvalue weighted by atomic mass is 16.4. The van der Waals surface area contributed by atoms with E-state index >= 15 is 0 Å². The van der Waals surface area contributed by atoms with Gasteiger partial charge in [0.2, 0.25) is 0 Å². The molecule has 0 atom stereocenters. The van der Waals surface area contributed by atoms with Gasteiger partial charge in [0.15, 0.2) is 5.84 Å². The molecular formula is C14H13N5O2. The Bertz CT molecular complexity index is 683. The van der Waals surface area contributed by atoms with Crippen LogP contribution in [0.3, 0.4) is 0 Å². The van der Waals surface area contributed by atoms with Crippen LogP contribution in [0.1, 0.15) is 11.3 Å². The van der Waals surface area contributed by atoms with E-state index in [1.165, 1.54) is 0 Å². The van der Waals surface area contributed by atoms with Gasteiger partial charge in [-0.2, -0.15) is 0 Å². The lowest BCUT2D eigenvalue weighted by molar-refractivity contribution is -0.136. The molecule has 0 fully saturated rings. The minimum Gasteiger partial charge on any atom is -0.481 e. The Balaban J connectivity index is 2.09. The first kappa shape index (κ1) is 14.3. The summed E-state index contributed by atoms with van der Waals surface area (Å²) in [5, 5.41) is 20.0. The number of benzene rings is 1. The highest BCUT2D eigenvalue weighted by Crippen LogP contribution is 2.15. The Kier molecular flexibility index (Phi) is 4.70. The molecule has 0 radical (unpaired) electrons. The summed E-state index contributed by atoms with van der Waals surface area (Å²) in [7, 11) is 0. The van der Waals surface area contributed by atoms with E-state index in [0.29, 0.717) is 16.9 Å². The summed E-state index contributed by atoms with van der Waals surface area (Å²) in [5.74, 6) is -0.748. The van der Waals surface area contributed by atoms with Crippen LogP contribution in [-0.4, -0.2) is 21.9 Å². The molecule has 1 heterocycles. The van der Waals surface area contributed by atoms with Crippen LogP contribution in [0.15, 0.2) is 64.1 Å². The summed E-state index contributed by atoms with van der Waals surface area (Å²) < 4.78 is 0. The van der Waals surface area contributed by atoms with Gasteiger partial charge in [-0.05, 0) is 35.1 Å². The largest absolute Gasteiger partial charge is 0.481 e. The van der Waals surface area contributed by atoms with Crippen molar-refractivity contribution >= 4 is 17.5 Å². The Morgan fingerprint density at radius 3 is 2.81 bits per heavy atom. The molecule has 7 nitrogen and oxygen atoms in total. The molecule has 21 heavy (non-hydrogen) atoms. The number of pyridine rings is 1. The fourth-order valence-corrected chi connectivity index (χ4v) is 1.59. The normalized spacial score (nSPS) is 11.7. The van der Waals surface area contributed by atoms with Gasteiger partial charge >= 0.3 is 5.97 Å². The van der Waals surface area contributed by atoms with E-state index in [2.05, 4.69) is 20.4 Å². The summed E-state index contributed by atoms with van der Waals surface area (Å²) in [4.78, 5) is 14.7. The van der Waals surface area contributed by atoms with Crippen LogP contribution in [0.25, 0.3) is 0 Å². The predicted octanol–water partition coefficient (Wildman–Crippen LogP) is 2.11. The Labute approximate surface area is 120 Å². The molecule has 0 aliphatic heterocycles. The number of carboxylic acids is 1. The average Bonchev–Trinajstić information content (AvgIpc) is 2.48. The van der Waals surface area contributed by atoms with Crippen molar-refractivity contribution in [2.75, 3.05) is 0 Å². The predicted molar refractivity (Wildman–Crippen MR) is 77.3 cm³/mol. The second-order valence-electron chi connectivity index (χ2n) is 4.13. The van der Waals surface area contributed by atoms with E-state index < -0.39 is 5.97 Å². The molecule has 0 spiro atoms. The zero-order valence-corrected chi connectivity index (χ0v) is 11.0. The molecule has 0 aliphatic carbocycles. The van der Waals surface area contributed by atoms with Gasteiger partial charge in [-0.1, -0.05) is 18.2 Å². The Morgan fingerprint density at radius 2 is 2.10 bits per heavy atom. The maximum Gasteiger partial charge on any atom is 0.307 e. The van der Waals surface area contributed by atoms with Crippen LogP contribution in [0, 0.1) is 0 Å². The molecular weight excluding hydrogens is 270 g/mol. The van der Waals surface area contributed by atoms with Crippen molar-refractivity contribution < 1.29 is 9.90 Å². The molecule has 1 aromatic heterocycles. The van der Waals surface area contributed by atoms with Crippen molar-refractivity contribution in [3.8, 4) is 0 Å². The van der Waals surface area contributed by atoms with Crippen molar-refractivity contribution in [3.05, 3.63) is 59.9 Å². The average molecular weight is 283 g/mol. The minimum absolute atomic E-state index is 0.0668. The summed E-state index contributed by atoms with van der Waals surface area (Å²) in [6.07, 6.45) is 1.53. The molecule has 0 saturated heterocycles. The van der Waals surface area contributed by atoms with Crippen LogP contribution in [0.4, 0.5) is 5.69 Å². The van der Waals surface area contributed by atoms with Gasteiger partial charge < -0.3 is 10.8 Å². The number of nitrogens with zero attached hydrogens (tertiary/aromatic N) is 4. The van der Waals surface area contributed by atoms with Gasteiger partial charge in [0.25, 0.3) is 0 Å². The molecule has 2 aromatic rings. The second-order valence-corrected chi connectivity index (χ2v) is 4.13. The molecule has 0 aliphatic rings. The molecule has 106 valence electrons. The first-order valence-electron chi connectivity index (χ1n) is 6.11. The third-order valence-corrected chi connectivity index (χ3v) is 2.51. The van der Waals surface area contributed by atoms with E-state index in [1.54, 1.807) is 48.7 Å². The molecule has 0 bridgehead atoms. The van der Waals surface area contributed by atoms with Crippen LogP contribution in [0.2, 0.25) is 0 Å². The van der Waals surface area contributed by atoms with Crippen LogP contribution >= 0.6 is 0 Å². The lowest BCUT2D eigenvalue weighted by atomic mass is 10.1. The standard InChI is InChI=1S/C14H13N5O2/c15-14(12-6-1-2-7-16-12)18-19-17-11-5-3-4-10(8-11)9-13(20)21/h1-8H,9H2,(H,20,21)(H2,15,17,18). The van der Waals surface area contributed by atoms with Crippen molar-refractivity contribution in [2.24, 2.45) is 21.2 Å². The zero-order valence-electron chi connectivity index (χ0n) is 11.0. The van der Waals surface area contributed by atoms with E-state index in [1.807, 2.05) is 0 Å². The number of carboxylic acid groups (broad SMARTS) is 1. The van der Waals surface area contributed by atoms with E-state index in [0.717, 1.165) is 0 Å². The zero-order chi connectivity index (χ0) is 15.1. The summed E-state index contributed by atoms with van der Waals surface area (Å²) in [6.45, 7) is 0. The number of amidine groups is 1. The van der Waals surface area contributed by atoms with Gasteiger partial charge in [-0.15, -0.1) is 10.2 Å². The van der Waals surface area contributed by atoms with Gasteiger partial charge in [0, 0.05) is 6.20 Å². The Morgan fingerprint density at radius 1 is 1.24 bits per heavy atom. The van der Waals surface area contributed by atoms with E-state index in [4.69, 9.17) is 10.8 Å². The third kappa shape index (κ3) is 4.50. The Hall–Kier alpha value is -3.09. The minimum atomic E-state index is -0.901. The topological polar surface area (TPSA) is 113 Å². The summed E-state index contributed by atoms with van der Waals surface area (Å²) in [5.41, 5.74) is 7.37. The number of aliphatic carboxylic acids is 1. The SMILES string of the molecule is N/C(=N\N=Nc1cccc(CC(=O)O)c1)c1ccccn1. The number of rotatable bonds is 5. The number of aromatic nitrogens is 1. The molecule has 0 unspecified atom stereocenters. The van der Waals surface area contributed by atoms with E-state index in [9.17, 15) is 4.79 Å². The number of hydrogen-bond acceptors (Lipinski definition) is 4. The van der Waals surface area contributed by atoms with Crippen molar-refractivity contribution in [2.45, 2.75) is 6.42 Å². The van der Waals surface area contributed by atoms with Gasteiger partial charge in [0.05, 0.1) is 12.1 Å². The maximum atomic E-state index is 10.6. The first-order chi connectivity index (χ1) is 10.1. The molecule has 3 N–H and O–H groups in total. The van der Waals surface area contributed by atoms with Crippen molar-refractivity contribution in [1.29, 1.82) is 0 Å². The van der Waals surface area contributed by atoms with E-state index in [-0.39, 0.29) is 12.3 Å². The van der Waals surface area contributed by atoms with Crippen LogP contribution < -0.4 is 5.73 Å². The van der Waals surface area contributed by atoms with Crippen LogP contribution in [0.5, 0.6) is 0 Å². The number of hydrogen-bond donors (Lipinski definition) is 2. The first-order valence-corrected chi connectivity index (χ1v) is 6.11. The molecule has 0 saturated carbocycles. The molecule has 2 rings (SSSR count). The monoisotopic (exact) mass is 283 g/mol. The molecule has 0 amide bonds. The number of nitrogens with two attached hydrogens (primary N) is 1. The fraction of sp³-hybridized carbons (Fsp3) is 0.0714. The number of carbonyl (C=O) groups is 1. The lowest BCUT2D eigenvalue weighted by Crippen LogP contribution is -2.13. The second kappa shape index (κ2) is 6.90. The maximum absolute atomic E-state index is 10.6. The van der Waals surface area contributed by atoms with Crippen molar-refractivity contribution in [1.82, 2.24) is 4.98 Å². The van der Waals surface area contributed by atoms with Gasteiger partial charge in [-0.3, -0.25) is 9.78 Å². The van der Waals surface area contributed by atoms with Crippen LogP contribution in [-0.2, 0) is 11.2 Å². The third-order valence-electron chi connectivity index (χ3n) is 2.51. The summed E-state index contributed by atoms with van der Waals surface area (Å²) >= 11 is 0. The van der Waals surface area contributed by atoms with Gasteiger partial charge in [-0.25, -0.2) is 0 Å². The molecule has 7 heteroatoms. The highest BCUT2D eigenvalue weighted by Gasteiger charge is 2.01.